The minimum atomic E-state index is 0.593. The number of aryl methyl sites for hydroxylation is 1. The summed E-state index contributed by atoms with van der Waals surface area (Å²) in [7, 11) is 1.66. The molecular formula is C17H26NO4S+. The lowest BCUT2D eigenvalue weighted by Gasteiger charge is -2.06. The molecule has 1 aromatic heterocycles. The van der Waals surface area contributed by atoms with Gasteiger partial charge in [0.05, 0.1) is 39.6 Å². The largest absolute Gasteiger partial charge is 0.382 e. The number of fused-ring (bicyclic) bond motifs is 1. The Morgan fingerprint density at radius 3 is 2.17 bits per heavy atom. The van der Waals surface area contributed by atoms with Gasteiger partial charge in [0, 0.05) is 20.1 Å². The van der Waals surface area contributed by atoms with Crippen LogP contribution in [0.5, 0.6) is 0 Å². The Hall–Kier alpha value is -1.05. The minimum Gasteiger partial charge on any atom is -0.382 e. The molecule has 23 heavy (non-hydrogen) atoms. The fourth-order valence-corrected chi connectivity index (χ4v) is 3.32. The van der Waals surface area contributed by atoms with Crippen LogP contribution >= 0.6 is 11.3 Å². The first-order chi connectivity index (χ1) is 11.3. The summed E-state index contributed by atoms with van der Waals surface area (Å²) >= 11 is 1.82. The maximum absolute atomic E-state index is 5.65. The normalized spacial score (nSPS) is 11.4. The lowest BCUT2D eigenvalue weighted by molar-refractivity contribution is -0.674. The predicted molar refractivity (Wildman–Crippen MR) is 91.1 cm³/mol. The van der Waals surface area contributed by atoms with Gasteiger partial charge in [0.15, 0.2) is 6.54 Å². The van der Waals surface area contributed by atoms with Gasteiger partial charge in [-0.25, -0.2) is 0 Å². The summed E-state index contributed by atoms with van der Waals surface area (Å²) < 4.78 is 24.9. The highest BCUT2D eigenvalue weighted by atomic mass is 32.1. The van der Waals surface area contributed by atoms with Gasteiger partial charge in [0.2, 0.25) is 10.5 Å². The Kier molecular flexibility index (Phi) is 8.49. The molecule has 0 aliphatic rings. The SMILES string of the molecule is COCCOCCOCCOCC[n+]1c(C)sc2ccccc21. The fourth-order valence-electron chi connectivity index (χ4n) is 2.27. The van der Waals surface area contributed by atoms with Crippen LogP contribution in [0.1, 0.15) is 5.01 Å². The van der Waals surface area contributed by atoms with E-state index in [1.807, 2.05) is 11.3 Å². The zero-order chi connectivity index (χ0) is 16.3. The number of benzene rings is 1. The molecule has 0 saturated heterocycles. The van der Waals surface area contributed by atoms with Crippen molar-refractivity contribution in [3.8, 4) is 0 Å². The van der Waals surface area contributed by atoms with Crippen molar-refractivity contribution < 1.29 is 23.5 Å². The number of ether oxygens (including phenoxy) is 4. The topological polar surface area (TPSA) is 40.8 Å². The minimum absolute atomic E-state index is 0.593. The summed E-state index contributed by atoms with van der Waals surface area (Å²) in [5.74, 6) is 0. The van der Waals surface area contributed by atoms with Crippen LogP contribution in [0.4, 0.5) is 0 Å². The first-order valence-electron chi connectivity index (χ1n) is 7.93. The van der Waals surface area contributed by atoms with Gasteiger partial charge in [-0.05, 0) is 6.07 Å². The third-order valence-corrected chi connectivity index (χ3v) is 4.51. The molecule has 0 aliphatic carbocycles. The number of para-hydroxylation sites is 1. The van der Waals surface area contributed by atoms with Crippen LogP contribution in [0.25, 0.3) is 10.2 Å². The highest BCUT2D eigenvalue weighted by molar-refractivity contribution is 7.18. The molecule has 0 aliphatic heterocycles. The summed E-state index contributed by atoms with van der Waals surface area (Å²) in [6.07, 6.45) is 0. The molecule has 128 valence electrons. The molecule has 0 saturated carbocycles. The van der Waals surface area contributed by atoms with Crippen molar-refractivity contribution >= 4 is 21.6 Å². The molecule has 0 spiro atoms. The molecule has 1 heterocycles. The van der Waals surface area contributed by atoms with Gasteiger partial charge in [-0.3, -0.25) is 0 Å². The van der Waals surface area contributed by atoms with Crippen LogP contribution in [0.2, 0.25) is 0 Å². The number of aromatic nitrogens is 1. The van der Waals surface area contributed by atoms with Gasteiger partial charge in [-0.2, -0.15) is 4.57 Å². The quantitative estimate of drug-likeness (QED) is 0.439. The summed E-state index contributed by atoms with van der Waals surface area (Å²) in [6, 6.07) is 8.47. The molecule has 0 bridgehead atoms. The van der Waals surface area contributed by atoms with Gasteiger partial charge in [-0.15, -0.1) is 0 Å². The molecule has 2 aromatic rings. The van der Waals surface area contributed by atoms with Crippen molar-refractivity contribution in [2.45, 2.75) is 13.5 Å². The molecule has 6 heteroatoms. The third-order valence-electron chi connectivity index (χ3n) is 3.43. The van der Waals surface area contributed by atoms with Crippen LogP contribution in [-0.4, -0.2) is 53.4 Å². The van der Waals surface area contributed by atoms with E-state index in [0.717, 1.165) is 6.54 Å². The van der Waals surface area contributed by atoms with E-state index in [4.69, 9.17) is 18.9 Å². The summed E-state index contributed by atoms with van der Waals surface area (Å²) in [5, 5.41) is 1.30. The van der Waals surface area contributed by atoms with E-state index in [9.17, 15) is 0 Å². The van der Waals surface area contributed by atoms with Crippen molar-refractivity contribution in [1.29, 1.82) is 0 Å². The van der Waals surface area contributed by atoms with E-state index in [0.29, 0.717) is 46.2 Å². The van der Waals surface area contributed by atoms with E-state index in [2.05, 4.69) is 35.8 Å². The fraction of sp³-hybridized carbons (Fsp3) is 0.588. The molecule has 0 N–H and O–H groups in total. The molecule has 0 atom stereocenters. The molecule has 2 rings (SSSR count). The van der Waals surface area contributed by atoms with E-state index >= 15 is 0 Å². The predicted octanol–water partition coefficient (Wildman–Crippen LogP) is 2.19. The van der Waals surface area contributed by atoms with E-state index < -0.39 is 0 Å². The second-order valence-electron chi connectivity index (χ2n) is 5.07. The zero-order valence-corrected chi connectivity index (χ0v) is 14.8. The average Bonchev–Trinajstić information content (AvgIpc) is 2.88. The van der Waals surface area contributed by atoms with Crippen molar-refractivity contribution in [1.82, 2.24) is 0 Å². The zero-order valence-electron chi connectivity index (χ0n) is 14.0. The highest BCUT2D eigenvalue weighted by Crippen LogP contribution is 2.18. The monoisotopic (exact) mass is 340 g/mol. The van der Waals surface area contributed by atoms with Crippen molar-refractivity contribution in [3.63, 3.8) is 0 Å². The van der Waals surface area contributed by atoms with Gasteiger partial charge in [-0.1, -0.05) is 23.5 Å². The number of methoxy groups -OCH3 is 1. The lowest BCUT2D eigenvalue weighted by atomic mass is 10.3. The Morgan fingerprint density at radius 2 is 1.48 bits per heavy atom. The van der Waals surface area contributed by atoms with Gasteiger partial charge in [0.25, 0.3) is 0 Å². The number of rotatable bonds is 12. The molecule has 0 unspecified atom stereocenters. The molecular weight excluding hydrogens is 314 g/mol. The second-order valence-corrected chi connectivity index (χ2v) is 6.31. The first kappa shape index (κ1) is 18.3. The smallest absolute Gasteiger partial charge is 0.235 e. The van der Waals surface area contributed by atoms with E-state index in [1.54, 1.807) is 7.11 Å². The third kappa shape index (κ3) is 6.16. The van der Waals surface area contributed by atoms with Crippen LogP contribution < -0.4 is 4.57 Å². The molecule has 0 fully saturated rings. The molecule has 1 aromatic carbocycles. The summed E-state index contributed by atoms with van der Waals surface area (Å²) in [4.78, 5) is 0. The maximum Gasteiger partial charge on any atom is 0.235 e. The Bertz CT molecular complexity index is 573. The number of hydrogen-bond acceptors (Lipinski definition) is 5. The molecule has 0 radical (unpaired) electrons. The van der Waals surface area contributed by atoms with Crippen LogP contribution in [0, 0.1) is 6.92 Å². The van der Waals surface area contributed by atoms with E-state index in [-0.39, 0.29) is 0 Å². The Balaban J connectivity index is 1.54. The summed E-state index contributed by atoms with van der Waals surface area (Å²) in [5.41, 5.74) is 1.28. The second kappa shape index (κ2) is 10.7. The lowest BCUT2D eigenvalue weighted by Crippen LogP contribution is -2.37. The van der Waals surface area contributed by atoms with Crippen LogP contribution in [0.3, 0.4) is 0 Å². The van der Waals surface area contributed by atoms with Gasteiger partial charge in [0.1, 0.15) is 11.3 Å². The van der Waals surface area contributed by atoms with Crippen molar-refractivity contribution in [3.05, 3.63) is 29.3 Å². The average molecular weight is 340 g/mol. The molecule has 5 nitrogen and oxygen atoms in total. The Labute approximate surface area is 141 Å². The number of hydrogen-bond donors (Lipinski definition) is 0. The summed E-state index contributed by atoms with van der Waals surface area (Å²) in [6.45, 7) is 7.35. The Morgan fingerprint density at radius 1 is 0.870 bits per heavy atom. The van der Waals surface area contributed by atoms with Gasteiger partial charge < -0.3 is 18.9 Å². The highest BCUT2D eigenvalue weighted by Gasteiger charge is 2.15. The van der Waals surface area contributed by atoms with Crippen LogP contribution in [0.15, 0.2) is 24.3 Å². The van der Waals surface area contributed by atoms with Crippen molar-refractivity contribution in [2.24, 2.45) is 0 Å². The number of thiazole rings is 1. The van der Waals surface area contributed by atoms with Crippen molar-refractivity contribution in [2.75, 3.05) is 53.4 Å². The standard InChI is InChI=1S/C17H26NO4S/c1-15-18(16-5-3-4-6-17(16)23-15)7-8-20-11-12-22-14-13-21-10-9-19-2/h3-6H,7-14H2,1-2H3/q+1. The number of nitrogens with zero attached hydrogens (tertiary/aromatic N) is 1. The first-order valence-corrected chi connectivity index (χ1v) is 8.74. The van der Waals surface area contributed by atoms with Gasteiger partial charge >= 0.3 is 0 Å². The molecule has 0 amide bonds. The maximum atomic E-state index is 5.65. The van der Waals surface area contributed by atoms with E-state index in [1.165, 1.54) is 15.2 Å². The van der Waals surface area contributed by atoms with Crippen LogP contribution in [-0.2, 0) is 25.5 Å².